The Morgan fingerprint density at radius 1 is 0.816 bits per heavy atom. The van der Waals surface area contributed by atoms with Gasteiger partial charge in [0.05, 0.1) is 22.8 Å². The number of esters is 1. The zero-order valence-electron chi connectivity index (χ0n) is 28.0. The normalized spacial score (nSPS) is 12.9. The first kappa shape index (κ1) is 33.1. The van der Waals surface area contributed by atoms with Crippen LogP contribution in [0.5, 0.6) is 0 Å². The number of rotatable bonds is 10. The van der Waals surface area contributed by atoms with E-state index in [9.17, 15) is 24.8 Å². The molecule has 13 heteroatoms. The molecule has 13 nitrogen and oxygen atoms in total. The molecule has 0 aliphatic carbocycles. The zero-order valence-corrected chi connectivity index (χ0v) is 28.0. The summed E-state index contributed by atoms with van der Waals surface area (Å²) in [6, 6.07) is 12.0. The second kappa shape index (κ2) is 13.3. The number of hydrogen-bond acceptors (Lipinski definition) is 8. The van der Waals surface area contributed by atoms with E-state index in [0.29, 0.717) is 30.1 Å². The molecule has 0 spiro atoms. The maximum absolute atomic E-state index is 12.9. The van der Waals surface area contributed by atoms with Crippen LogP contribution in [-0.4, -0.2) is 58.1 Å². The van der Waals surface area contributed by atoms with Gasteiger partial charge in [-0.1, -0.05) is 0 Å². The Morgan fingerprint density at radius 2 is 1.39 bits per heavy atom. The monoisotopic (exact) mass is 663 g/mol. The lowest BCUT2D eigenvalue weighted by atomic mass is 9.98. The summed E-state index contributed by atoms with van der Waals surface area (Å²) in [4.78, 5) is 56.2. The number of nitro groups is 1. The second-order valence-corrected chi connectivity index (χ2v) is 12.4. The number of nitrogens with one attached hydrogen (secondary N) is 2. The Kier molecular flexibility index (Phi) is 9.00. The molecule has 6 heterocycles. The molecule has 0 aromatic carbocycles. The number of aromatic amines is 2. The number of aromatic nitrogens is 6. The smallest absolute Gasteiger partial charge is 0.342 e. The van der Waals surface area contributed by atoms with Crippen LogP contribution in [0.1, 0.15) is 79.3 Å². The Hall–Kier alpha value is -5.85. The van der Waals surface area contributed by atoms with E-state index in [1.54, 1.807) is 6.92 Å². The molecular weight excluding hydrogens is 626 g/mol. The fraction of sp³-hybridized carbons (Fsp3) is 0.306. The van der Waals surface area contributed by atoms with Crippen molar-refractivity contribution in [3.05, 3.63) is 92.4 Å². The van der Waals surface area contributed by atoms with Crippen molar-refractivity contribution in [1.82, 2.24) is 29.5 Å². The average molecular weight is 664 g/mol. The third-order valence-corrected chi connectivity index (χ3v) is 9.04. The summed E-state index contributed by atoms with van der Waals surface area (Å²) in [5, 5.41) is 20.8. The summed E-state index contributed by atoms with van der Waals surface area (Å²) in [6.45, 7) is 9.72. The molecule has 0 radical (unpaired) electrons. The first-order valence-corrected chi connectivity index (χ1v) is 16.0. The van der Waals surface area contributed by atoms with Gasteiger partial charge < -0.3 is 29.9 Å². The lowest BCUT2D eigenvalue weighted by Gasteiger charge is -2.07. The highest BCUT2D eigenvalue weighted by molar-refractivity contribution is 5.96. The van der Waals surface area contributed by atoms with Crippen LogP contribution in [0.2, 0.25) is 0 Å². The third-order valence-electron chi connectivity index (χ3n) is 9.04. The molecular formula is C36H37N7O6. The molecule has 252 valence electrons. The number of carboxylic acid groups (broad SMARTS) is 1. The van der Waals surface area contributed by atoms with Crippen molar-refractivity contribution in [2.24, 2.45) is 0 Å². The number of H-pyrrole nitrogens is 2. The number of carbonyl (C=O) groups excluding carboxylic acids is 1. The first-order valence-electron chi connectivity index (χ1n) is 16.0. The number of aliphatic carboxylic acids is 1. The summed E-state index contributed by atoms with van der Waals surface area (Å²) in [7, 11) is 0. The van der Waals surface area contributed by atoms with Crippen LogP contribution >= 0.6 is 0 Å². The largest absolute Gasteiger partial charge is 0.481 e. The highest BCUT2D eigenvalue weighted by Gasteiger charge is 2.23. The molecule has 49 heavy (non-hydrogen) atoms. The lowest BCUT2D eigenvalue weighted by Crippen LogP contribution is -2.13. The molecule has 2 aliphatic heterocycles. The molecule has 6 rings (SSSR count). The minimum Gasteiger partial charge on any atom is -0.481 e. The SMILES string of the molecule is CC1=C(CCC(=O)O)c2cc3nc(cc4[nH]c(cc4C)cc4[nH]c(cc1n2)cc4C)C(C)=C3CCC(=O)OCCn1c([N+](=O)[O-])cnc1C. The van der Waals surface area contributed by atoms with E-state index in [0.717, 1.165) is 66.9 Å². The molecule has 8 bridgehead atoms. The number of ether oxygens (including phenoxy) is 1. The van der Waals surface area contributed by atoms with Gasteiger partial charge in [0.1, 0.15) is 19.3 Å². The van der Waals surface area contributed by atoms with E-state index in [2.05, 4.69) is 33.2 Å². The fourth-order valence-corrected chi connectivity index (χ4v) is 6.29. The van der Waals surface area contributed by atoms with Gasteiger partial charge in [-0.3, -0.25) is 9.59 Å². The van der Waals surface area contributed by atoms with E-state index in [4.69, 9.17) is 14.7 Å². The van der Waals surface area contributed by atoms with Crippen molar-refractivity contribution in [2.75, 3.05) is 6.61 Å². The molecule has 2 aliphatic rings. The summed E-state index contributed by atoms with van der Waals surface area (Å²) >= 11 is 0. The average Bonchev–Trinajstić information content (AvgIpc) is 3.81. The maximum Gasteiger partial charge on any atom is 0.342 e. The van der Waals surface area contributed by atoms with Gasteiger partial charge >= 0.3 is 17.8 Å². The number of carbonyl (C=O) groups is 2. The highest BCUT2D eigenvalue weighted by atomic mass is 16.6. The number of nitrogens with zero attached hydrogens (tertiary/aromatic N) is 5. The topological polar surface area (TPSA) is 182 Å². The predicted molar refractivity (Wildman–Crippen MR) is 186 cm³/mol. The van der Waals surface area contributed by atoms with Crippen molar-refractivity contribution in [2.45, 2.75) is 66.8 Å². The number of fused-ring (bicyclic) bond motifs is 8. The Labute approximate surface area is 281 Å². The van der Waals surface area contributed by atoms with Gasteiger partial charge in [-0.25, -0.2) is 19.5 Å². The molecule has 0 fully saturated rings. The molecule has 0 unspecified atom stereocenters. The van der Waals surface area contributed by atoms with Crippen LogP contribution in [0.25, 0.3) is 44.4 Å². The van der Waals surface area contributed by atoms with Gasteiger partial charge in [-0.05, 0) is 115 Å². The zero-order chi connectivity index (χ0) is 35.0. The lowest BCUT2D eigenvalue weighted by molar-refractivity contribution is -0.392. The molecule has 4 aromatic heterocycles. The van der Waals surface area contributed by atoms with Crippen LogP contribution in [0.3, 0.4) is 0 Å². The van der Waals surface area contributed by atoms with Crippen molar-refractivity contribution in [3.8, 4) is 0 Å². The summed E-state index contributed by atoms with van der Waals surface area (Å²) in [5.74, 6) is -1.04. The van der Waals surface area contributed by atoms with E-state index < -0.39 is 16.9 Å². The minimum atomic E-state index is -0.896. The van der Waals surface area contributed by atoms with Crippen LogP contribution in [0.4, 0.5) is 5.82 Å². The molecule has 3 N–H and O–H groups in total. The number of allylic oxidation sites excluding steroid dienone is 4. The van der Waals surface area contributed by atoms with Crippen LogP contribution < -0.4 is 0 Å². The quantitative estimate of drug-likeness (QED) is 0.0906. The summed E-state index contributed by atoms with van der Waals surface area (Å²) < 4.78 is 6.87. The number of aryl methyl sites for hydroxylation is 3. The van der Waals surface area contributed by atoms with Gasteiger partial charge in [0.15, 0.2) is 5.82 Å². The van der Waals surface area contributed by atoms with Crippen molar-refractivity contribution in [1.29, 1.82) is 0 Å². The third kappa shape index (κ3) is 6.91. The van der Waals surface area contributed by atoms with Crippen LogP contribution in [0, 0.1) is 30.9 Å². The number of carboxylic acids is 1. The Balaban J connectivity index is 1.39. The predicted octanol–water partition coefficient (Wildman–Crippen LogP) is 7.09. The first-order chi connectivity index (χ1) is 23.4. The Bertz CT molecular complexity index is 2250. The van der Waals surface area contributed by atoms with E-state index in [-0.39, 0.29) is 31.8 Å². The maximum atomic E-state index is 12.9. The van der Waals surface area contributed by atoms with E-state index in [1.165, 1.54) is 10.8 Å². The standard InChI is InChI=1S/C36H37N7O6/c1-19-12-25-15-30-21(3)26(6-8-35(44)45)32(40-30)17-33-27(7-9-36(46)49-11-10-42-23(5)37-18-34(42)43(47)48)22(4)31(41-33)16-29-20(2)13-24(39-29)14-28(19)38-25/h12-18,38-39H,6-11H2,1-5H3,(H,44,45). The number of hydrogen-bond donors (Lipinski definition) is 3. The molecule has 0 amide bonds. The molecule has 0 saturated heterocycles. The van der Waals surface area contributed by atoms with Crippen molar-refractivity contribution >= 4 is 62.1 Å². The summed E-state index contributed by atoms with van der Waals surface area (Å²) in [5.41, 5.74) is 12.0. The van der Waals surface area contributed by atoms with Gasteiger partial charge in [-0.15, -0.1) is 0 Å². The van der Waals surface area contributed by atoms with E-state index in [1.807, 2.05) is 45.9 Å². The summed E-state index contributed by atoms with van der Waals surface area (Å²) in [6.07, 6.45) is 1.83. The van der Waals surface area contributed by atoms with E-state index >= 15 is 0 Å². The van der Waals surface area contributed by atoms with Gasteiger partial charge in [0.2, 0.25) is 0 Å². The minimum absolute atomic E-state index is 0.0385. The van der Waals surface area contributed by atoms with Gasteiger partial charge in [0.25, 0.3) is 0 Å². The number of imidazole rings is 1. The molecule has 0 saturated carbocycles. The van der Waals surface area contributed by atoms with Gasteiger partial charge in [0, 0.05) is 41.8 Å². The fourth-order valence-electron chi connectivity index (χ4n) is 6.29. The highest BCUT2D eigenvalue weighted by Crippen LogP contribution is 2.37. The molecule has 4 aromatic rings. The Morgan fingerprint density at radius 3 is 2.00 bits per heavy atom. The van der Waals surface area contributed by atoms with Crippen LogP contribution in [-0.2, 0) is 20.9 Å². The molecule has 0 atom stereocenters. The van der Waals surface area contributed by atoms with Gasteiger partial charge in [-0.2, -0.15) is 0 Å². The van der Waals surface area contributed by atoms with Crippen molar-refractivity contribution in [3.63, 3.8) is 0 Å². The van der Waals surface area contributed by atoms with Crippen LogP contribution in [0.15, 0.2) is 42.6 Å². The second-order valence-electron chi connectivity index (χ2n) is 12.4. The van der Waals surface area contributed by atoms with Crippen molar-refractivity contribution < 1.29 is 24.4 Å².